The molecule has 3 nitrogen and oxygen atoms in total. The van der Waals surface area contributed by atoms with Gasteiger partial charge in [0.2, 0.25) is 0 Å². The van der Waals surface area contributed by atoms with Gasteiger partial charge in [0, 0.05) is 31.1 Å². The molecule has 102 valence electrons. The van der Waals surface area contributed by atoms with E-state index in [9.17, 15) is 0 Å². The molecule has 1 saturated carbocycles. The molecule has 0 amide bonds. The number of nitrogens with one attached hydrogen (secondary N) is 1. The van der Waals surface area contributed by atoms with Crippen LogP contribution in [-0.4, -0.2) is 43.6 Å². The summed E-state index contributed by atoms with van der Waals surface area (Å²) in [7, 11) is 0. The minimum absolute atomic E-state index is 0.0803. The highest BCUT2D eigenvalue weighted by molar-refractivity contribution is 7.99. The molecule has 0 aromatic carbocycles. The number of ether oxygens (including phenoxy) is 2. The number of hydrogen-bond donors (Lipinski definition) is 1. The largest absolute Gasteiger partial charge is 0.352 e. The summed E-state index contributed by atoms with van der Waals surface area (Å²) in [6.07, 6.45) is 7.40. The van der Waals surface area contributed by atoms with E-state index in [0.717, 1.165) is 11.8 Å². The molecule has 0 heterocycles. The minimum atomic E-state index is -0.0803. The lowest BCUT2D eigenvalue weighted by Crippen LogP contribution is -2.40. The fourth-order valence-corrected chi connectivity index (χ4v) is 3.05. The van der Waals surface area contributed by atoms with Crippen molar-refractivity contribution in [3.8, 4) is 0 Å². The summed E-state index contributed by atoms with van der Waals surface area (Å²) < 4.78 is 11.1. The second-order valence-electron chi connectivity index (χ2n) is 4.46. The number of rotatable bonds is 8. The Kier molecular flexibility index (Phi) is 8.27. The smallest absolute Gasteiger partial charge is 0.169 e. The zero-order valence-electron chi connectivity index (χ0n) is 11.4. The van der Waals surface area contributed by atoms with Crippen LogP contribution in [0.1, 0.15) is 39.5 Å². The van der Waals surface area contributed by atoms with Gasteiger partial charge in [-0.2, -0.15) is 11.8 Å². The van der Waals surface area contributed by atoms with Gasteiger partial charge in [-0.05, 0) is 45.8 Å². The maximum atomic E-state index is 5.53. The second kappa shape index (κ2) is 9.20. The average molecular weight is 261 g/mol. The molecule has 1 rings (SSSR count). The van der Waals surface area contributed by atoms with E-state index in [1.807, 2.05) is 25.6 Å². The van der Waals surface area contributed by atoms with Crippen LogP contribution in [0.2, 0.25) is 0 Å². The predicted octanol–water partition coefficient (Wildman–Crippen LogP) is 2.65. The third-order valence-corrected chi connectivity index (χ3v) is 4.42. The van der Waals surface area contributed by atoms with Crippen LogP contribution in [0.15, 0.2) is 0 Å². The van der Waals surface area contributed by atoms with Gasteiger partial charge in [-0.1, -0.05) is 0 Å². The molecule has 0 aliphatic heterocycles. The molecule has 0 unspecified atom stereocenters. The van der Waals surface area contributed by atoms with E-state index in [-0.39, 0.29) is 6.29 Å². The van der Waals surface area contributed by atoms with Crippen LogP contribution in [-0.2, 0) is 9.47 Å². The summed E-state index contributed by atoms with van der Waals surface area (Å²) >= 11 is 2.01. The Morgan fingerprint density at radius 1 is 1.12 bits per heavy atom. The molecule has 0 spiro atoms. The van der Waals surface area contributed by atoms with Crippen molar-refractivity contribution >= 4 is 11.8 Å². The summed E-state index contributed by atoms with van der Waals surface area (Å²) in [5.41, 5.74) is 0. The lowest BCUT2D eigenvalue weighted by molar-refractivity contribution is -0.134. The Balaban J connectivity index is 2.16. The minimum Gasteiger partial charge on any atom is -0.352 e. The van der Waals surface area contributed by atoms with Crippen molar-refractivity contribution in [3.63, 3.8) is 0 Å². The first kappa shape index (κ1) is 15.3. The van der Waals surface area contributed by atoms with Crippen LogP contribution < -0.4 is 5.32 Å². The molecule has 1 aliphatic rings. The van der Waals surface area contributed by atoms with Crippen molar-refractivity contribution in [2.75, 3.05) is 26.0 Å². The van der Waals surface area contributed by atoms with E-state index in [1.165, 1.54) is 25.7 Å². The maximum absolute atomic E-state index is 5.53. The third kappa shape index (κ3) is 6.09. The van der Waals surface area contributed by atoms with Gasteiger partial charge in [-0.15, -0.1) is 0 Å². The van der Waals surface area contributed by atoms with Crippen molar-refractivity contribution in [2.24, 2.45) is 0 Å². The fraction of sp³-hybridized carbons (Fsp3) is 1.00. The van der Waals surface area contributed by atoms with Crippen LogP contribution in [0.3, 0.4) is 0 Å². The van der Waals surface area contributed by atoms with E-state index in [4.69, 9.17) is 9.47 Å². The predicted molar refractivity (Wildman–Crippen MR) is 74.6 cm³/mol. The molecule has 1 fully saturated rings. The van der Waals surface area contributed by atoms with E-state index in [0.29, 0.717) is 19.3 Å². The first-order valence-corrected chi connectivity index (χ1v) is 8.08. The molecule has 17 heavy (non-hydrogen) atoms. The van der Waals surface area contributed by atoms with Crippen LogP contribution in [0.4, 0.5) is 0 Å². The first-order valence-electron chi connectivity index (χ1n) is 6.79. The molecule has 0 atom stereocenters. The fourth-order valence-electron chi connectivity index (χ4n) is 2.30. The molecule has 0 aromatic rings. The average Bonchev–Trinajstić information content (AvgIpc) is 2.37. The highest BCUT2D eigenvalue weighted by Gasteiger charge is 2.21. The van der Waals surface area contributed by atoms with Gasteiger partial charge in [0.05, 0.1) is 0 Å². The molecule has 4 heteroatoms. The van der Waals surface area contributed by atoms with E-state index in [2.05, 4.69) is 11.6 Å². The van der Waals surface area contributed by atoms with Gasteiger partial charge < -0.3 is 14.8 Å². The van der Waals surface area contributed by atoms with E-state index < -0.39 is 0 Å². The number of hydrogen-bond acceptors (Lipinski definition) is 4. The normalized spacial score (nSPS) is 25.4. The van der Waals surface area contributed by atoms with Crippen molar-refractivity contribution in [1.29, 1.82) is 0 Å². The maximum Gasteiger partial charge on any atom is 0.169 e. The Morgan fingerprint density at radius 3 is 2.18 bits per heavy atom. The van der Waals surface area contributed by atoms with Crippen LogP contribution in [0, 0.1) is 0 Å². The summed E-state index contributed by atoms with van der Waals surface area (Å²) in [5.74, 6) is 0. The van der Waals surface area contributed by atoms with Gasteiger partial charge in [-0.25, -0.2) is 0 Å². The highest BCUT2D eigenvalue weighted by Crippen LogP contribution is 2.26. The van der Waals surface area contributed by atoms with E-state index in [1.54, 1.807) is 0 Å². The van der Waals surface area contributed by atoms with Gasteiger partial charge >= 0.3 is 0 Å². The standard InChI is InChI=1S/C13H27NO2S/c1-4-15-13(16-5-2)10-14-11-6-8-12(17-3)9-7-11/h11-14H,4-10H2,1-3H3. The Labute approximate surface area is 110 Å². The van der Waals surface area contributed by atoms with Crippen molar-refractivity contribution in [2.45, 2.75) is 57.1 Å². The third-order valence-electron chi connectivity index (χ3n) is 3.29. The van der Waals surface area contributed by atoms with Crippen molar-refractivity contribution < 1.29 is 9.47 Å². The van der Waals surface area contributed by atoms with Crippen LogP contribution in [0.5, 0.6) is 0 Å². The Morgan fingerprint density at radius 2 is 1.71 bits per heavy atom. The van der Waals surface area contributed by atoms with E-state index >= 15 is 0 Å². The lowest BCUT2D eigenvalue weighted by atomic mass is 9.95. The van der Waals surface area contributed by atoms with Crippen LogP contribution in [0.25, 0.3) is 0 Å². The summed E-state index contributed by atoms with van der Waals surface area (Å²) in [6.45, 7) is 6.26. The molecule has 0 saturated heterocycles. The van der Waals surface area contributed by atoms with Crippen molar-refractivity contribution in [3.05, 3.63) is 0 Å². The molecule has 1 aliphatic carbocycles. The zero-order valence-corrected chi connectivity index (χ0v) is 12.2. The van der Waals surface area contributed by atoms with Gasteiger partial charge in [0.1, 0.15) is 0 Å². The first-order chi connectivity index (χ1) is 8.30. The Hall–Kier alpha value is 0.230. The SMILES string of the molecule is CCOC(CNC1CCC(SC)CC1)OCC. The molecule has 0 radical (unpaired) electrons. The molecule has 1 N–H and O–H groups in total. The Bertz CT molecular complexity index is 178. The van der Waals surface area contributed by atoms with Gasteiger partial charge in [0.15, 0.2) is 6.29 Å². The number of thioether (sulfide) groups is 1. The monoisotopic (exact) mass is 261 g/mol. The summed E-state index contributed by atoms with van der Waals surface area (Å²) in [5, 5.41) is 4.45. The second-order valence-corrected chi connectivity index (χ2v) is 5.60. The lowest BCUT2D eigenvalue weighted by Gasteiger charge is -2.29. The van der Waals surface area contributed by atoms with Crippen LogP contribution >= 0.6 is 11.8 Å². The molecule has 0 bridgehead atoms. The molecular formula is C13H27NO2S. The summed E-state index contributed by atoms with van der Waals surface area (Å²) in [6, 6.07) is 0.654. The van der Waals surface area contributed by atoms with Crippen molar-refractivity contribution in [1.82, 2.24) is 5.32 Å². The van der Waals surface area contributed by atoms with Gasteiger partial charge in [0.25, 0.3) is 0 Å². The molecule has 0 aromatic heterocycles. The quantitative estimate of drug-likeness (QED) is 0.681. The zero-order chi connectivity index (χ0) is 12.5. The topological polar surface area (TPSA) is 30.5 Å². The van der Waals surface area contributed by atoms with Gasteiger partial charge in [-0.3, -0.25) is 0 Å². The highest BCUT2D eigenvalue weighted by atomic mass is 32.2. The summed E-state index contributed by atoms with van der Waals surface area (Å²) in [4.78, 5) is 0. The molecular weight excluding hydrogens is 234 g/mol.